The zero-order chi connectivity index (χ0) is 27.7. The Balaban J connectivity index is 1.70. The lowest BCUT2D eigenvalue weighted by atomic mass is 9.94. The zero-order valence-electron chi connectivity index (χ0n) is 21.0. The lowest BCUT2D eigenvalue weighted by Gasteiger charge is -2.27. The number of anilines is 1. The van der Waals surface area contributed by atoms with E-state index in [1.54, 1.807) is 36.4 Å². The molecule has 4 aromatic rings. The minimum absolute atomic E-state index is 0.0996. The van der Waals surface area contributed by atoms with Gasteiger partial charge in [-0.2, -0.15) is 0 Å². The summed E-state index contributed by atoms with van der Waals surface area (Å²) in [6, 6.07) is 25.5. The molecule has 6 nitrogen and oxygen atoms in total. The van der Waals surface area contributed by atoms with E-state index in [1.165, 1.54) is 24.1 Å². The third-order valence-electron chi connectivity index (χ3n) is 6.45. The average Bonchev–Trinajstić information content (AvgIpc) is 3.19. The molecule has 4 aromatic carbocycles. The van der Waals surface area contributed by atoms with E-state index in [2.05, 4.69) is 0 Å². The molecule has 1 heterocycles. The Morgan fingerprint density at radius 2 is 1.49 bits per heavy atom. The fourth-order valence-corrected chi connectivity index (χ4v) is 5.29. The van der Waals surface area contributed by atoms with Crippen LogP contribution in [0.2, 0.25) is 10.0 Å². The average molecular weight is 560 g/mol. The number of ketones is 1. The van der Waals surface area contributed by atoms with Crippen LogP contribution in [0.3, 0.4) is 0 Å². The van der Waals surface area contributed by atoms with Crippen molar-refractivity contribution in [3.05, 3.63) is 123 Å². The van der Waals surface area contributed by atoms with E-state index in [0.717, 1.165) is 5.56 Å². The van der Waals surface area contributed by atoms with Gasteiger partial charge in [0.25, 0.3) is 11.7 Å². The first kappa shape index (κ1) is 26.4. The van der Waals surface area contributed by atoms with Crippen molar-refractivity contribution in [3.8, 4) is 17.2 Å². The summed E-state index contributed by atoms with van der Waals surface area (Å²) in [5.41, 5.74) is 1.98. The molecule has 1 fully saturated rings. The molecule has 1 aliphatic rings. The van der Waals surface area contributed by atoms with Crippen LogP contribution in [0.25, 0.3) is 5.76 Å². The van der Waals surface area contributed by atoms with Gasteiger partial charge in [0.05, 0.1) is 28.8 Å². The van der Waals surface area contributed by atoms with Crippen molar-refractivity contribution in [1.29, 1.82) is 0 Å². The number of Topliss-reactive ketones (excluding diaryl/α,β-unsaturated/α-hetero) is 1. The van der Waals surface area contributed by atoms with E-state index in [-0.39, 0.29) is 26.9 Å². The molecule has 1 N–H and O–H groups in total. The van der Waals surface area contributed by atoms with Crippen LogP contribution in [0.1, 0.15) is 22.7 Å². The van der Waals surface area contributed by atoms with Crippen molar-refractivity contribution in [2.24, 2.45) is 0 Å². The van der Waals surface area contributed by atoms with Crippen LogP contribution in [-0.4, -0.2) is 23.9 Å². The van der Waals surface area contributed by atoms with Crippen molar-refractivity contribution in [2.45, 2.75) is 13.0 Å². The Bertz CT molecular complexity index is 1590. The normalized spacial score (nSPS) is 16.4. The summed E-state index contributed by atoms with van der Waals surface area (Å²) in [6.45, 7) is 1.85. The van der Waals surface area contributed by atoms with E-state index in [0.29, 0.717) is 22.7 Å². The van der Waals surface area contributed by atoms with Crippen LogP contribution >= 0.6 is 23.2 Å². The fourth-order valence-electron chi connectivity index (χ4n) is 4.65. The molecule has 0 aromatic heterocycles. The Morgan fingerprint density at radius 1 is 0.846 bits per heavy atom. The summed E-state index contributed by atoms with van der Waals surface area (Å²) in [7, 11) is 1.42. The van der Waals surface area contributed by atoms with Crippen molar-refractivity contribution in [2.75, 3.05) is 12.0 Å². The van der Waals surface area contributed by atoms with Gasteiger partial charge in [0.2, 0.25) is 0 Å². The number of aliphatic hydroxyl groups is 1. The molecule has 8 heteroatoms. The summed E-state index contributed by atoms with van der Waals surface area (Å²) in [5, 5.41) is 11.8. The van der Waals surface area contributed by atoms with Gasteiger partial charge < -0.3 is 14.6 Å². The number of ether oxygens (including phenoxy) is 2. The smallest absolute Gasteiger partial charge is 0.300 e. The van der Waals surface area contributed by atoms with Crippen molar-refractivity contribution < 1.29 is 24.2 Å². The van der Waals surface area contributed by atoms with Gasteiger partial charge in [0.15, 0.2) is 5.75 Å². The second-order valence-corrected chi connectivity index (χ2v) is 9.73. The molecule has 1 aliphatic heterocycles. The molecular formula is C31H23Cl2NO5. The molecule has 1 unspecified atom stereocenters. The lowest BCUT2D eigenvalue weighted by Crippen LogP contribution is -2.30. The highest BCUT2D eigenvalue weighted by molar-refractivity contribution is 6.52. The number of benzene rings is 4. The third-order valence-corrected chi connectivity index (χ3v) is 7.01. The molecule has 0 radical (unpaired) electrons. The van der Waals surface area contributed by atoms with Crippen LogP contribution in [-0.2, 0) is 9.59 Å². The van der Waals surface area contributed by atoms with Gasteiger partial charge in [-0.15, -0.1) is 0 Å². The third kappa shape index (κ3) is 4.97. The number of nitrogens with zero attached hydrogens (tertiary/aromatic N) is 1. The summed E-state index contributed by atoms with van der Waals surface area (Å²) >= 11 is 12.7. The monoisotopic (exact) mass is 559 g/mol. The number of halogens is 2. The first-order valence-corrected chi connectivity index (χ1v) is 12.8. The number of hydrogen-bond donors (Lipinski definition) is 1. The largest absolute Gasteiger partial charge is 0.507 e. The molecule has 1 saturated heterocycles. The van der Waals surface area contributed by atoms with Crippen LogP contribution in [0.4, 0.5) is 5.69 Å². The molecule has 0 bridgehead atoms. The van der Waals surface area contributed by atoms with Gasteiger partial charge in [0, 0.05) is 11.3 Å². The summed E-state index contributed by atoms with van der Waals surface area (Å²) in [4.78, 5) is 28.5. The highest BCUT2D eigenvalue weighted by Gasteiger charge is 2.47. The number of rotatable bonds is 6. The maximum Gasteiger partial charge on any atom is 0.300 e. The zero-order valence-corrected chi connectivity index (χ0v) is 22.5. The number of aryl methyl sites for hydroxylation is 1. The van der Waals surface area contributed by atoms with Crippen LogP contribution in [0.15, 0.2) is 96.6 Å². The Kier molecular flexibility index (Phi) is 7.33. The quantitative estimate of drug-likeness (QED) is 0.148. The van der Waals surface area contributed by atoms with Gasteiger partial charge in [-0.3, -0.25) is 14.5 Å². The predicted molar refractivity (Wildman–Crippen MR) is 152 cm³/mol. The van der Waals surface area contributed by atoms with E-state index < -0.39 is 23.5 Å². The summed E-state index contributed by atoms with van der Waals surface area (Å²) in [5.74, 6) is -0.642. The number of carbonyl (C=O) groups is 2. The van der Waals surface area contributed by atoms with Gasteiger partial charge >= 0.3 is 0 Å². The van der Waals surface area contributed by atoms with Gasteiger partial charge in [0.1, 0.15) is 17.3 Å². The number of methoxy groups -OCH3 is 1. The first-order valence-electron chi connectivity index (χ1n) is 12.0. The minimum Gasteiger partial charge on any atom is -0.507 e. The van der Waals surface area contributed by atoms with Gasteiger partial charge in [-0.1, -0.05) is 71.7 Å². The fraction of sp³-hybridized carbons (Fsp3) is 0.0968. The summed E-state index contributed by atoms with van der Waals surface area (Å²) < 4.78 is 11.2. The number of amides is 1. The predicted octanol–water partition coefficient (Wildman–Crippen LogP) is 7.73. The lowest BCUT2D eigenvalue weighted by molar-refractivity contribution is -0.132. The van der Waals surface area contributed by atoms with E-state index in [9.17, 15) is 14.7 Å². The molecule has 0 saturated carbocycles. The number of para-hydroxylation sites is 2. The Hall–Kier alpha value is -4.26. The van der Waals surface area contributed by atoms with Crippen LogP contribution in [0, 0.1) is 6.92 Å². The molecule has 5 rings (SSSR count). The Morgan fingerprint density at radius 3 is 2.15 bits per heavy atom. The summed E-state index contributed by atoms with van der Waals surface area (Å²) in [6.07, 6.45) is 0. The van der Waals surface area contributed by atoms with Crippen molar-refractivity contribution in [1.82, 2.24) is 0 Å². The SMILES string of the molecule is COc1c(Cl)cc(/C(O)=C2\C(=O)C(=O)N(c3ccccc3C)C2c2cccc(Oc3ccccc3)c2)cc1Cl. The van der Waals surface area contributed by atoms with Crippen LogP contribution < -0.4 is 14.4 Å². The number of carbonyl (C=O) groups excluding carboxylic acids is 2. The Labute approximate surface area is 235 Å². The first-order chi connectivity index (χ1) is 18.8. The van der Waals surface area contributed by atoms with Crippen LogP contribution in [0.5, 0.6) is 17.2 Å². The molecule has 39 heavy (non-hydrogen) atoms. The maximum absolute atomic E-state index is 13.5. The van der Waals surface area contributed by atoms with Gasteiger partial charge in [-0.25, -0.2) is 0 Å². The highest BCUT2D eigenvalue weighted by atomic mass is 35.5. The number of hydrogen-bond acceptors (Lipinski definition) is 5. The second kappa shape index (κ2) is 10.8. The molecule has 1 atom stereocenters. The van der Waals surface area contributed by atoms with Gasteiger partial charge in [-0.05, 0) is 60.5 Å². The minimum atomic E-state index is -0.954. The standard InChI is InChI=1S/C31H23Cl2NO5/c1-18-9-6-7-14-25(18)34-27(19-10-8-13-22(15-19)39-21-11-4-3-5-12-21)26(29(36)31(34)37)28(35)20-16-23(32)30(38-2)24(33)17-20/h3-17,27,35H,1-2H3/b28-26+. The topological polar surface area (TPSA) is 76.1 Å². The molecular weight excluding hydrogens is 537 g/mol. The maximum atomic E-state index is 13.5. The molecule has 1 amide bonds. The van der Waals surface area contributed by atoms with E-state index in [4.69, 9.17) is 32.7 Å². The molecule has 0 spiro atoms. The van der Waals surface area contributed by atoms with Crippen molar-refractivity contribution >= 4 is 46.3 Å². The molecule has 196 valence electrons. The molecule has 0 aliphatic carbocycles. The number of aliphatic hydroxyl groups excluding tert-OH is 1. The highest BCUT2D eigenvalue weighted by Crippen LogP contribution is 2.45. The van der Waals surface area contributed by atoms with E-state index in [1.807, 2.05) is 49.4 Å². The van der Waals surface area contributed by atoms with E-state index >= 15 is 0 Å². The van der Waals surface area contributed by atoms with Crippen molar-refractivity contribution in [3.63, 3.8) is 0 Å². The second-order valence-electron chi connectivity index (χ2n) is 8.92.